The van der Waals surface area contributed by atoms with Gasteiger partial charge >= 0.3 is 5.97 Å². The van der Waals surface area contributed by atoms with Gasteiger partial charge in [0.2, 0.25) is 0 Å². The van der Waals surface area contributed by atoms with Crippen molar-refractivity contribution < 1.29 is 9.53 Å². The van der Waals surface area contributed by atoms with Crippen molar-refractivity contribution in [2.24, 2.45) is 0 Å². The summed E-state index contributed by atoms with van der Waals surface area (Å²) in [4.78, 5) is 15.8. The lowest BCUT2D eigenvalue weighted by atomic mass is 9.85. The summed E-state index contributed by atoms with van der Waals surface area (Å²) >= 11 is 1.75. The number of aromatic nitrogens is 1. The molecular weight excluding hydrogens is 236 g/mol. The maximum atomic E-state index is 11.8. The quantitative estimate of drug-likeness (QED) is 0.562. The first-order valence-electron chi connectivity index (χ1n) is 5.72. The van der Waals surface area contributed by atoms with Crippen molar-refractivity contribution >= 4 is 17.9 Å². The second kappa shape index (κ2) is 3.99. The fraction of sp³-hybridized carbons (Fsp3) is 0.500. The van der Waals surface area contributed by atoms with Crippen LogP contribution >= 0.6 is 11.9 Å². The lowest BCUT2D eigenvalue weighted by molar-refractivity contribution is -0.0320. The molecule has 90 valence electrons. The number of pyridine rings is 1. The van der Waals surface area contributed by atoms with Crippen LogP contribution < -0.4 is 0 Å². The van der Waals surface area contributed by atoms with Crippen LogP contribution in [0.5, 0.6) is 0 Å². The van der Waals surface area contributed by atoms with Gasteiger partial charge in [0.1, 0.15) is 5.60 Å². The minimum Gasteiger partial charge on any atom is -0.450 e. The minimum absolute atomic E-state index is 0.217. The van der Waals surface area contributed by atoms with E-state index in [9.17, 15) is 4.79 Å². The van der Waals surface area contributed by atoms with Crippen LogP contribution in [0.15, 0.2) is 18.5 Å². The zero-order valence-corrected chi connectivity index (χ0v) is 10.5. The van der Waals surface area contributed by atoms with Gasteiger partial charge in [-0.3, -0.25) is 9.29 Å². The third-order valence-corrected chi connectivity index (χ3v) is 4.49. The summed E-state index contributed by atoms with van der Waals surface area (Å²) in [6, 6.07) is 1.93. The first kappa shape index (κ1) is 11.0. The van der Waals surface area contributed by atoms with Gasteiger partial charge in [-0.15, -0.1) is 0 Å². The molecule has 1 saturated heterocycles. The highest BCUT2D eigenvalue weighted by Gasteiger charge is 2.47. The van der Waals surface area contributed by atoms with Crippen LogP contribution in [0.2, 0.25) is 0 Å². The van der Waals surface area contributed by atoms with E-state index in [0.717, 1.165) is 31.5 Å². The summed E-state index contributed by atoms with van der Waals surface area (Å²) in [6.07, 6.45) is 7.18. The summed E-state index contributed by atoms with van der Waals surface area (Å²) in [5.74, 6) is -0.217. The number of rotatable bonds is 1. The van der Waals surface area contributed by atoms with E-state index >= 15 is 0 Å². The normalized spacial score (nSPS) is 22.5. The first-order chi connectivity index (χ1) is 8.25. The van der Waals surface area contributed by atoms with Crippen LogP contribution in [0.4, 0.5) is 0 Å². The lowest BCUT2D eigenvalue weighted by Gasteiger charge is -2.37. The summed E-state index contributed by atoms with van der Waals surface area (Å²) in [7, 11) is 0. The smallest absolute Gasteiger partial charge is 0.341 e. The molecule has 3 heterocycles. The fourth-order valence-corrected chi connectivity index (χ4v) is 3.19. The Labute approximate surface area is 104 Å². The Morgan fingerprint density at radius 2 is 2.24 bits per heavy atom. The Hall–Kier alpha value is -1.07. The third kappa shape index (κ3) is 1.65. The highest BCUT2D eigenvalue weighted by Crippen LogP contribution is 2.44. The van der Waals surface area contributed by atoms with E-state index in [-0.39, 0.29) is 11.6 Å². The molecule has 0 bridgehead atoms. The van der Waals surface area contributed by atoms with Crippen LogP contribution in [0.3, 0.4) is 0 Å². The van der Waals surface area contributed by atoms with E-state index < -0.39 is 0 Å². The molecule has 2 aliphatic heterocycles. The van der Waals surface area contributed by atoms with Gasteiger partial charge in [-0.1, -0.05) is 11.9 Å². The summed E-state index contributed by atoms with van der Waals surface area (Å²) < 4.78 is 7.94. The van der Waals surface area contributed by atoms with E-state index in [0.29, 0.717) is 5.56 Å². The molecule has 5 heteroatoms. The van der Waals surface area contributed by atoms with Crippen molar-refractivity contribution in [1.82, 2.24) is 9.29 Å². The molecule has 2 aliphatic rings. The predicted octanol–water partition coefficient (Wildman–Crippen LogP) is 1.82. The molecule has 0 amide bonds. The second-order valence-electron chi connectivity index (χ2n) is 4.42. The van der Waals surface area contributed by atoms with Gasteiger partial charge in [-0.25, -0.2) is 4.79 Å². The van der Waals surface area contributed by atoms with Gasteiger partial charge in [0.15, 0.2) is 0 Å². The summed E-state index contributed by atoms with van der Waals surface area (Å²) in [5.41, 5.74) is 1.28. The number of ether oxygens (including phenoxy) is 1. The van der Waals surface area contributed by atoms with Crippen LogP contribution in [0.25, 0.3) is 0 Å². The molecular formula is C12H14N2O2S. The molecule has 17 heavy (non-hydrogen) atoms. The largest absolute Gasteiger partial charge is 0.450 e. The van der Waals surface area contributed by atoms with Crippen LogP contribution in [-0.4, -0.2) is 34.6 Å². The number of esters is 1. The van der Waals surface area contributed by atoms with Gasteiger partial charge in [-0.2, -0.15) is 0 Å². The lowest BCUT2D eigenvalue weighted by Crippen LogP contribution is -2.39. The zero-order valence-electron chi connectivity index (χ0n) is 9.68. The Bertz CT molecular complexity index is 456. The number of carbonyl (C=O) groups excluding carboxylic acids is 1. The van der Waals surface area contributed by atoms with Crippen molar-refractivity contribution in [2.75, 3.05) is 19.3 Å². The standard InChI is InChI=1S/C12H14N2O2S/c1-17-14-6-3-12(4-7-14)10-2-5-13-8-9(10)11(15)16-12/h2,5,8H,3-4,6-7H2,1H3. The Kier molecular flexibility index (Phi) is 2.60. The molecule has 1 aromatic rings. The molecule has 0 unspecified atom stereocenters. The van der Waals surface area contributed by atoms with Gasteiger partial charge in [0.05, 0.1) is 5.56 Å². The maximum Gasteiger partial charge on any atom is 0.341 e. The number of piperidine rings is 1. The first-order valence-corrected chi connectivity index (χ1v) is 6.90. The number of carbonyl (C=O) groups is 1. The Morgan fingerprint density at radius 1 is 1.47 bits per heavy atom. The second-order valence-corrected chi connectivity index (χ2v) is 5.30. The SMILES string of the molecule is CSN1CCC2(CC1)OC(=O)c1cnccc12. The highest BCUT2D eigenvalue weighted by molar-refractivity contribution is 7.96. The van der Waals surface area contributed by atoms with Crippen LogP contribution in [-0.2, 0) is 10.3 Å². The Balaban J connectivity index is 1.93. The molecule has 4 nitrogen and oxygen atoms in total. The average Bonchev–Trinajstić information content (AvgIpc) is 2.65. The summed E-state index contributed by atoms with van der Waals surface area (Å²) in [6.45, 7) is 1.91. The molecule has 0 atom stereocenters. The molecule has 0 aromatic carbocycles. The van der Waals surface area contributed by atoms with Gasteiger partial charge in [0.25, 0.3) is 0 Å². The maximum absolute atomic E-state index is 11.8. The third-order valence-electron chi connectivity index (χ3n) is 3.61. The van der Waals surface area contributed by atoms with Crippen molar-refractivity contribution in [3.63, 3.8) is 0 Å². The number of nitrogens with zero attached hydrogens (tertiary/aromatic N) is 2. The van der Waals surface area contributed by atoms with Gasteiger partial charge in [0, 0.05) is 43.9 Å². The monoisotopic (exact) mass is 250 g/mol. The minimum atomic E-state index is -0.387. The highest BCUT2D eigenvalue weighted by atomic mass is 32.2. The zero-order chi connectivity index (χ0) is 11.9. The van der Waals surface area contributed by atoms with E-state index in [4.69, 9.17) is 4.74 Å². The van der Waals surface area contributed by atoms with E-state index in [1.54, 1.807) is 24.3 Å². The number of hydrogen-bond acceptors (Lipinski definition) is 5. The predicted molar refractivity (Wildman–Crippen MR) is 65.7 cm³/mol. The van der Waals surface area contributed by atoms with Crippen molar-refractivity contribution in [1.29, 1.82) is 0 Å². The summed E-state index contributed by atoms with van der Waals surface area (Å²) in [5, 5.41) is 0. The van der Waals surface area contributed by atoms with Crippen LogP contribution in [0, 0.1) is 0 Å². The van der Waals surface area contributed by atoms with Crippen molar-refractivity contribution in [3.8, 4) is 0 Å². The topological polar surface area (TPSA) is 42.4 Å². The number of hydrogen-bond donors (Lipinski definition) is 0. The van der Waals surface area contributed by atoms with E-state index in [2.05, 4.69) is 15.5 Å². The molecule has 0 aliphatic carbocycles. The molecule has 3 rings (SSSR count). The fourth-order valence-electron chi connectivity index (χ4n) is 2.64. The average molecular weight is 250 g/mol. The molecule has 0 N–H and O–H groups in total. The van der Waals surface area contributed by atoms with Gasteiger partial charge < -0.3 is 4.74 Å². The van der Waals surface area contributed by atoms with E-state index in [1.165, 1.54) is 0 Å². The molecule has 1 spiro atoms. The van der Waals surface area contributed by atoms with Crippen molar-refractivity contribution in [2.45, 2.75) is 18.4 Å². The van der Waals surface area contributed by atoms with Gasteiger partial charge in [-0.05, 0) is 12.3 Å². The molecule has 1 aromatic heterocycles. The van der Waals surface area contributed by atoms with E-state index in [1.807, 2.05) is 6.07 Å². The molecule has 0 radical (unpaired) electrons. The van der Waals surface area contributed by atoms with Crippen molar-refractivity contribution in [3.05, 3.63) is 29.6 Å². The molecule has 0 saturated carbocycles. The van der Waals surface area contributed by atoms with Crippen LogP contribution in [0.1, 0.15) is 28.8 Å². The number of fused-ring (bicyclic) bond motifs is 2. The Morgan fingerprint density at radius 3 is 2.94 bits per heavy atom. The molecule has 1 fully saturated rings.